The van der Waals surface area contributed by atoms with Crippen molar-refractivity contribution in [1.82, 2.24) is 4.98 Å². The molecule has 1 aliphatic carbocycles. The molecule has 0 spiro atoms. The molecule has 1 unspecified atom stereocenters. The highest BCUT2D eigenvalue weighted by molar-refractivity contribution is 7.99. The van der Waals surface area contributed by atoms with Crippen molar-refractivity contribution in [3.63, 3.8) is 0 Å². The predicted octanol–water partition coefficient (Wildman–Crippen LogP) is 5.54. The van der Waals surface area contributed by atoms with Gasteiger partial charge in [-0.25, -0.2) is 4.39 Å². The number of aliphatic hydroxyl groups excluding tert-OH is 1. The van der Waals surface area contributed by atoms with E-state index in [0.717, 1.165) is 36.4 Å². The van der Waals surface area contributed by atoms with E-state index in [2.05, 4.69) is 28.5 Å². The van der Waals surface area contributed by atoms with Crippen LogP contribution in [0.4, 0.5) is 10.1 Å². The summed E-state index contributed by atoms with van der Waals surface area (Å²) in [6.45, 7) is 0.752. The summed E-state index contributed by atoms with van der Waals surface area (Å²) in [6, 6.07) is 15.1. The third kappa shape index (κ3) is 4.67. The standard InChI is InChI=1S/C24H25FN2O2S/c1-29-24(28)20-11-12-26-15-22(20)27-14-17-6-4-5-16-13-18(9-10-19(16)17)30-23-8-3-2-7-21(23)25/h2-3,7-13,15,17,24,27-28H,4-6,14H2,1H3/t17-,24?/m1/s1. The van der Waals surface area contributed by atoms with Crippen molar-refractivity contribution in [2.75, 3.05) is 19.0 Å². The summed E-state index contributed by atoms with van der Waals surface area (Å²) in [6.07, 6.45) is 5.64. The molecule has 156 valence electrons. The average molecular weight is 425 g/mol. The van der Waals surface area contributed by atoms with Crippen LogP contribution in [0.5, 0.6) is 0 Å². The molecule has 0 saturated heterocycles. The number of aliphatic hydroxyl groups is 1. The summed E-state index contributed by atoms with van der Waals surface area (Å²) in [4.78, 5) is 5.87. The molecule has 2 atom stereocenters. The molecule has 1 aromatic heterocycles. The monoisotopic (exact) mass is 424 g/mol. The number of nitrogens with zero attached hydrogens (tertiary/aromatic N) is 1. The molecule has 2 aromatic carbocycles. The molecule has 4 nitrogen and oxygen atoms in total. The van der Waals surface area contributed by atoms with Crippen LogP contribution in [0.3, 0.4) is 0 Å². The number of benzene rings is 2. The molecule has 0 radical (unpaired) electrons. The Morgan fingerprint density at radius 2 is 2.13 bits per heavy atom. The summed E-state index contributed by atoms with van der Waals surface area (Å²) in [5, 5.41) is 13.5. The Morgan fingerprint density at radius 3 is 2.97 bits per heavy atom. The van der Waals surface area contributed by atoms with Crippen LogP contribution >= 0.6 is 11.8 Å². The molecule has 0 amide bonds. The smallest absolute Gasteiger partial charge is 0.182 e. The van der Waals surface area contributed by atoms with Crippen LogP contribution in [-0.4, -0.2) is 23.7 Å². The van der Waals surface area contributed by atoms with E-state index in [1.54, 1.807) is 24.5 Å². The Morgan fingerprint density at radius 1 is 1.27 bits per heavy atom. The van der Waals surface area contributed by atoms with Crippen molar-refractivity contribution in [3.05, 3.63) is 83.4 Å². The third-order valence-corrected chi connectivity index (χ3v) is 6.54. The van der Waals surface area contributed by atoms with E-state index in [-0.39, 0.29) is 5.82 Å². The lowest BCUT2D eigenvalue weighted by Gasteiger charge is -2.27. The fraction of sp³-hybridized carbons (Fsp3) is 0.292. The summed E-state index contributed by atoms with van der Waals surface area (Å²) in [5.41, 5.74) is 4.13. The van der Waals surface area contributed by atoms with Gasteiger partial charge in [-0.05, 0) is 60.7 Å². The minimum Gasteiger partial charge on any atom is -0.383 e. The highest BCUT2D eigenvalue weighted by Gasteiger charge is 2.21. The van der Waals surface area contributed by atoms with Crippen LogP contribution in [0.1, 0.15) is 41.7 Å². The molecule has 0 aliphatic heterocycles. The van der Waals surface area contributed by atoms with Gasteiger partial charge in [0, 0.05) is 41.1 Å². The number of methoxy groups -OCH3 is 1. The second-order valence-electron chi connectivity index (χ2n) is 7.41. The highest BCUT2D eigenvalue weighted by atomic mass is 32.2. The van der Waals surface area contributed by atoms with Gasteiger partial charge in [-0.3, -0.25) is 4.98 Å². The fourth-order valence-corrected chi connectivity index (χ4v) is 4.85. The molecule has 1 aliphatic rings. The van der Waals surface area contributed by atoms with E-state index in [4.69, 9.17) is 4.74 Å². The number of aryl methyl sites for hydroxylation is 1. The molecule has 6 heteroatoms. The Labute approximate surface area is 180 Å². The van der Waals surface area contributed by atoms with Gasteiger partial charge in [0.1, 0.15) is 5.82 Å². The van der Waals surface area contributed by atoms with Gasteiger partial charge in [-0.2, -0.15) is 0 Å². The van der Waals surface area contributed by atoms with Gasteiger partial charge in [0.15, 0.2) is 6.29 Å². The Bertz CT molecular complexity index is 1010. The Hall–Kier alpha value is -2.41. The number of pyridine rings is 1. The van der Waals surface area contributed by atoms with Crippen molar-refractivity contribution in [1.29, 1.82) is 0 Å². The van der Waals surface area contributed by atoms with Crippen LogP contribution < -0.4 is 5.32 Å². The lowest BCUT2D eigenvalue weighted by Crippen LogP contribution is -2.19. The molecule has 1 heterocycles. The number of ether oxygens (including phenoxy) is 1. The molecular weight excluding hydrogens is 399 g/mol. The van der Waals surface area contributed by atoms with Crippen LogP contribution in [0, 0.1) is 5.82 Å². The van der Waals surface area contributed by atoms with Crippen LogP contribution in [0.25, 0.3) is 0 Å². The first kappa shape index (κ1) is 20.8. The Balaban J connectivity index is 1.49. The van der Waals surface area contributed by atoms with Crippen molar-refractivity contribution >= 4 is 17.4 Å². The van der Waals surface area contributed by atoms with E-state index in [0.29, 0.717) is 16.4 Å². The first-order valence-corrected chi connectivity index (χ1v) is 10.9. The molecule has 3 aromatic rings. The van der Waals surface area contributed by atoms with Gasteiger partial charge in [0.2, 0.25) is 0 Å². The number of rotatable bonds is 7. The van der Waals surface area contributed by atoms with Gasteiger partial charge < -0.3 is 15.2 Å². The molecule has 4 rings (SSSR count). The van der Waals surface area contributed by atoms with Crippen LogP contribution in [0.2, 0.25) is 0 Å². The zero-order valence-electron chi connectivity index (χ0n) is 16.8. The normalized spacial score (nSPS) is 16.7. The maximum atomic E-state index is 14.0. The lowest BCUT2D eigenvalue weighted by molar-refractivity contribution is -0.0764. The van der Waals surface area contributed by atoms with E-state index >= 15 is 0 Å². The Kier molecular flexibility index (Phi) is 6.67. The summed E-state index contributed by atoms with van der Waals surface area (Å²) in [7, 11) is 1.48. The second-order valence-corrected chi connectivity index (χ2v) is 8.53. The van der Waals surface area contributed by atoms with Gasteiger partial charge >= 0.3 is 0 Å². The number of aromatic nitrogens is 1. The largest absolute Gasteiger partial charge is 0.383 e. The van der Waals surface area contributed by atoms with Crippen LogP contribution in [0.15, 0.2) is 70.7 Å². The first-order valence-electron chi connectivity index (χ1n) is 10.1. The number of hydrogen-bond donors (Lipinski definition) is 2. The molecule has 0 saturated carbocycles. The maximum absolute atomic E-state index is 14.0. The SMILES string of the molecule is COC(O)c1ccncc1NC[C@H]1CCCc2cc(Sc3ccccc3F)ccc21. The number of halogens is 1. The zero-order valence-corrected chi connectivity index (χ0v) is 17.7. The van der Waals surface area contributed by atoms with E-state index < -0.39 is 6.29 Å². The van der Waals surface area contributed by atoms with E-state index in [1.807, 2.05) is 12.1 Å². The molecule has 2 N–H and O–H groups in total. The van der Waals surface area contributed by atoms with Gasteiger partial charge in [-0.1, -0.05) is 30.0 Å². The minimum atomic E-state index is -0.980. The maximum Gasteiger partial charge on any atom is 0.182 e. The van der Waals surface area contributed by atoms with Gasteiger partial charge in [0.25, 0.3) is 0 Å². The third-order valence-electron chi connectivity index (χ3n) is 5.50. The number of fused-ring (bicyclic) bond motifs is 1. The average Bonchev–Trinajstić information content (AvgIpc) is 2.78. The molecule has 0 bridgehead atoms. The van der Waals surface area contributed by atoms with E-state index in [1.165, 1.54) is 36.1 Å². The summed E-state index contributed by atoms with van der Waals surface area (Å²) >= 11 is 1.47. The van der Waals surface area contributed by atoms with E-state index in [9.17, 15) is 9.50 Å². The summed E-state index contributed by atoms with van der Waals surface area (Å²) < 4.78 is 19.0. The van der Waals surface area contributed by atoms with Crippen molar-refractivity contribution in [3.8, 4) is 0 Å². The summed E-state index contributed by atoms with van der Waals surface area (Å²) in [5.74, 6) is 0.182. The molecule has 0 fully saturated rings. The second kappa shape index (κ2) is 9.60. The first-order chi connectivity index (χ1) is 14.7. The fourth-order valence-electron chi connectivity index (χ4n) is 3.95. The van der Waals surface area contributed by atoms with Crippen molar-refractivity contribution in [2.24, 2.45) is 0 Å². The van der Waals surface area contributed by atoms with Crippen LogP contribution in [-0.2, 0) is 11.2 Å². The lowest BCUT2D eigenvalue weighted by atomic mass is 9.83. The zero-order chi connectivity index (χ0) is 20.9. The predicted molar refractivity (Wildman–Crippen MR) is 117 cm³/mol. The quantitative estimate of drug-likeness (QED) is 0.488. The van der Waals surface area contributed by atoms with Gasteiger partial charge in [-0.15, -0.1) is 0 Å². The topological polar surface area (TPSA) is 54.4 Å². The highest BCUT2D eigenvalue weighted by Crippen LogP contribution is 2.37. The minimum absolute atomic E-state index is 0.187. The molecule has 30 heavy (non-hydrogen) atoms. The number of hydrogen-bond acceptors (Lipinski definition) is 5. The number of nitrogens with one attached hydrogen (secondary N) is 1. The van der Waals surface area contributed by atoms with Crippen molar-refractivity contribution in [2.45, 2.75) is 41.3 Å². The van der Waals surface area contributed by atoms with Crippen molar-refractivity contribution < 1.29 is 14.2 Å². The number of anilines is 1. The van der Waals surface area contributed by atoms with Gasteiger partial charge in [0.05, 0.1) is 11.9 Å². The molecular formula is C24H25FN2O2S.